The van der Waals surface area contributed by atoms with Gasteiger partial charge in [0.2, 0.25) is 0 Å². The monoisotopic (exact) mass is 285 g/mol. The SMILES string of the molecule is CC[C@@H]1C[C@@H](c2ccc(C)cc2)CCN1C1CCCCC1. The maximum Gasteiger partial charge on any atom is 0.0101 e. The third-order valence-corrected chi connectivity index (χ3v) is 5.83. The first-order valence-electron chi connectivity index (χ1n) is 9.10. The maximum absolute atomic E-state index is 2.88. The van der Waals surface area contributed by atoms with Crippen LogP contribution in [0, 0.1) is 6.92 Å². The third-order valence-electron chi connectivity index (χ3n) is 5.83. The molecule has 1 nitrogen and oxygen atoms in total. The topological polar surface area (TPSA) is 3.24 Å². The average molecular weight is 285 g/mol. The van der Waals surface area contributed by atoms with Gasteiger partial charge in [-0.2, -0.15) is 0 Å². The number of hydrogen-bond donors (Lipinski definition) is 0. The lowest BCUT2D eigenvalue weighted by molar-refractivity contribution is 0.0619. The number of likely N-dealkylation sites (tertiary alicyclic amines) is 1. The molecule has 0 unspecified atom stereocenters. The van der Waals surface area contributed by atoms with Crippen molar-refractivity contribution in [2.24, 2.45) is 0 Å². The van der Waals surface area contributed by atoms with E-state index in [1.54, 1.807) is 5.56 Å². The second kappa shape index (κ2) is 6.96. The van der Waals surface area contributed by atoms with E-state index >= 15 is 0 Å². The average Bonchev–Trinajstić information content (AvgIpc) is 2.56. The van der Waals surface area contributed by atoms with Gasteiger partial charge in [0.05, 0.1) is 0 Å². The van der Waals surface area contributed by atoms with Crippen LogP contribution >= 0.6 is 0 Å². The highest BCUT2D eigenvalue weighted by Gasteiger charge is 2.32. The summed E-state index contributed by atoms with van der Waals surface area (Å²) in [5.74, 6) is 0.787. The van der Waals surface area contributed by atoms with Crippen LogP contribution in [0.4, 0.5) is 0 Å². The van der Waals surface area contributed by atoms with Crippen molar-refractivity contribution in [2.75, 3.05) is 6.54 Å². The number of aryl methyl sites for hydroxylation is 1. The minimum atomic E-state index is 0.787. The van der Waals surface area contributed by atoms with Gasteiger partial charge in [0.25, 0.3) is 0 Å². The first-order chi connectivity index (χ1) is 10.3. The first-order valence-corrected chi connectivity index (χ1v) is 9.10. The van der Waals surface area contributed by atoms with Crippen LogP contribution < -0.4 is 0 Å². The molecule has 1 aliphatic heterocycles. The van der Waals surface area contributed by atoms with Crippen molar-refractivity contribution in [1.82, 2.24) is 4.90 Å². The van der Waals surface area contributed by atoms with Gasteiger partial charge in [-0.3, -0.25) is 4.90 Å². The summed E-state index contributed by atoms with van der Waals surface area (Å²) in [6, 6.07) is 11.0. The number of piperidine rings is 1. The predicted molar refractivity (Wildman–Crippen MR) is 90.8 cm³/mol. The summed E-state index contributed by atoms with van der Waals surface area (Å²) >= 11 is 0. The van der Waals surface area contributed by atoms with E-state index in [0.29, 0.717) is 0 Å². The molecule has 1 aromatic rings. The molecule has 21 heavy (non-hydrogen) atoms. The molecule has 2 aliphatic rings. The Kier molecular flexibility index (Phi) is 5.00. The zero-order chi connectivity index (χ0) is 14.7. The minimum Gasteiger partial charge on any atom is -0.297 e. The van der Waals surface area contributed by atoms with E-state index in [9.17, 15) is 0 Å². The highest BCUT2D eigenvalue weighted by molar-refractivity contribution is 5.25. The van der Waals surface area contributed by atoms with E-state index in [4.69, 9.17) is 0 Å². The minimum absolute atomic E-state index is 0.787. The molecule has 0 spiro atoms. The van der Waals surface area contributed by atoms with Crippen LogP contribution in [0.2, 0.25) is 0 Å². The van der Waals surface area contributed by atoms with Gasteiger partial charge < -0.3 is 0 Å². The van der Waals surface area contributed by atoms with Gasteiger partial charge in [-0.05, 0) is 57.1 Å². The van der Waals surface area contributed by atoms with E-state index in [0.717, 1.165) is 18.0 Å². The summed E-state index contributed by atoms with van der Waals surface area (Å²) in [4.78, 5) is 2.88. The largest absolute Gasteiger partial charge is 0.297 e. The molecule has 1 aromatic carbocycles. The summed E-state index contributed by atoms with van der Waals surface area (Å²) in [5, 5.41) is 0. The Bertz CT molecular complexity index is 430. The van der Waals surface area contributed by atoms with Crippen LogP contribution in [0.15, 0.2) is 24.3 Å². The second-order valence-corrected chi connectivity index (χ2v) is 7.22. The molecule has 0 amide bonds. The van der Waals surface area contributed by atoms with Crippen molar-refractivity contribution < 1.29 is 0 Å². The fraction of sp³-hybridized carbons (Fsp3) is 0.700. The lowest BCUT2D eigenvalue weighted by Crippen LogP contribution is -2.48. The normalized spacial score (nSPS) is 28.7. The highest BCUT2D eigenvalue weighted by Crippen LogP contribution is 2.36. The molecule has 2 atom stereocenters. The molecule has 116 valence electrons. The van der Waals surface area contributed by atoms with Crippen molar-refractivity contribution in [2.45, 2.75) is 83.2 Å². The van der Waals surface area contributed by atoms with E-state index in [-0.39, 0.29) is 0 Å². The van der Waals surface area contributed by atoms with Crippen LogP contribution in [0.25, 0.3) is 0 Å². The lowest BCUT2D eigenvalue weighted by Gasteiger charge is -2.45. The molecular weight excluding hydrogens is 254 g/mol. The quantitative estimate of drug-likeness (QED) is 0.729. The van der Waals surface area contributed by atoms with E-state index < -0.39 is 0 Å². The van der Waals surface area contributed by atoms with Crippen molar-refractivity contribution in [3.63, 3.8) is 0 Å². The van der Waals surface area contributed by atoms with Crippen LogP contribution in [0.3, 0.4) is 0 Å². The molecule has 1 heterocycles. The van der Waals surface area contributed by atoms with E-state index in [2.05, 4.69) is 43.0 Å². The first kappa shape index (κ1) is 15.1. The van der Waals surface area contributed by atoms with Crippen LogP contribution in [-0.2, 0) is 0 Å². The van der Waals surface area contributed by atoms with Gasteiger partial charge in [-0.15, -0.1) is 0 Å². The number of rotatable bonds is 3. The summed E-state index contributed by atoms with van der Waals surface area (Å²) in [6.07, 6.45) is 11.3. The van der Waals surface area contributed by atoms with Gasteiger partial charge in [0.15, 0.2) is 0 Å². The zero-order valence-electron chi connectivity index (χ0n) is 13.9. The summed E-state index contributed by atoms with van der Waals surface area (Å²) < 4.78 is 0. The molecule has 0 aromatic heterocycles. The molecular formula is C20H31N. The molecule has 1 heteroatoms. The van der Waals surface area contributed by atoms with Crippen molar-refractivity contribution >= 4 is 0 Å². The Hall–Kier alpha value is -0.820. The van der Waals surface area contributed by atoms with Crippen LogP contribution in [0.5, 0.6) is 0 Å². The van der Waals surface area contributed by atoms with Gasteiger partial charge in [0.1, 0.15) is 0 Å². The van der Waals surface area contributed by atoms with Crippen molar-refractivity contribution in [1.29, 1.82) is 0 Å². The number of benzene rings is 1. The Balaban J connectivity index is 1.66. The molecule has 0 bridgehead atoms. The van der Waals surface area contributed by atoms with Gasteiger partial charge in [0, 0.05) is 12.1 Å². The van der Waals surface area contributed by atoms with Crippen molar-refractivity contribution in [3.8, 4) is 0 Å². The molecule has 0 radical (unpaired) electrons. The van der Waals surface area contributed by atoms with E-state index in [1.807, 2.05) is 0 Å². The van der Waals surface area contributed by atoms with Crippen LogP contribution in [-0.4, -0.2) is 23.5 Å². The Morgan fingerprint density at radius 3 is 2.38 bits per heavy atom. The van der Waals surface area contributed by atoms with Crippen LogP contribution in [0.1, 0.15) is 75.3 Å². The van der Waals surface area contributed by atoms with Gasteiger partial charge in [-0.25, -0.2) is 0 Å². The Labute approximate surface area is 130 Å². The standard InChI is InChI=1S/C20H31N/c1-3-19-15-18(17-11-9-16(2)10-12-17)13-14-21(19)20-7-5-4-6-8-20/h9-12,18-20H,3-8,13-15H2,1-2H3/t18-,19+/m0/s1. The lowest BCUT2D eigenvalue weighted by atomic mass is 9.82. The fourth-order valence-corrected chi connectivity index (χ4v) is 4.51. The smallest absolute Gasteiger partial charge is 0.0101 e. The molecule has 3 rings (SSSR count). The number of nitrogens with zero attached hydrogens (tertiary/aromatic N) is 1. The van der Waals surface area contributed by atoms with Gasteiger partial charge in [-0.1, -0.05) is 56.0 Å². The summed E-state index contributed by atoms with van der Waals surface area (Å²) in [7, 11) is 0. The maximum atomic E-state index is 2.88. The Morgan fingerprint density at radius 2 is 1.71 bits per heavy atom. The molecule has 1 aliphatic carbocycles. The van der Waals surface area contributed by atoms with Gasteiger partial charge >= 0.3 is 0 Å². The summed E-state index contributed by atoms with van der Waals surface area (Å²) in [5.41, 5.74) is 2.95. The fourth-order valence-electron chi connectivity index (χ4n) is 4.51. The highest BCUT2D eigenvalue weighted by atomic mass is 15.2. The predicted octanol–water partition coefficient (Wildman–Crippen LogP) is 5.29. The molecule has 0 N–H and O–H groups in total. The zero-order valence-corrected chi connectivity index (χ0v) is 13.9. The molecule has 2 fully saturated rings. The number of hydrogen-bond acceptors (Lipinski definition) is 1. The summed E-state index contributed by atoms with van der Waals surface area (Å²) in [6.45, 7) is 5.89. The third kappa shape index (κ3) is 3.51. The second-order valence-electron chi connectivity index (χ2n) is 7.22. The van der Waals surface area contributed by atoms with E-state index in [1.165, 1.54) is 63.5 Å². The van der Waals surface area contributed by atoms with Crippen molar-refractivity contribution in [3.05, 3.63) is 35.4 Å². The Morgan fingerprint density at radius 1 is 1.00 bits per heavy atom. The molecule has 1 saturated carbocycles. The molecule has 1 saturated heterocycles.